The number of hydrogen-bond acceptors (Lipinski definition) is 2. The van der Waals surface area contributed by atoms with E-state index in [2.05, 4.69) is 4.72 Å². The van der Waals surface area contributed by atoms with Crippen molar-refractivity contribution in [2.75, 3.05) is 11.6 Å². The Balaban J connectivity index is 4.38. The van der Waals surface area contributed by atoms with Gasteiger partial charge in [-0.15, -0.1) is 11.6 Å². The van der Waals surface area contributed by atoms with Gasteiger partial charge in [-0.05, 0) is 26.2 Å². The summed E-state index contributed by atoms with van der Waals surface area (Å²) in [6, 6.07) is 0. The van der Waals surface area contributed by atoms with Gasteiger partial charge in [0.2, 0.25) is 10.0 Å². The predicted molar refractivity (Wildman–Crippen MR) is 66.2 cm³/mol. The third-order valence-electron chi connectivity index (χ3n) is 2.70. The van der Waals surface area contributed by atoms with E-state index in [1.165, 1.54) is 0 Å². The molecule has 0 amide bonds. The molecular weight excluding hydrogens is 291 g/mol. The third kappa shape index (κ3) is 8.16. The van der Waals surface area contributed by atoms with Crippen LogP contribution in [0, 0.1) is 0 Å². The van der Waals surface area contributed by atoms with Crippen molar-refractivity contribution in [2.24, 2.45) is 0 Å². The summed E-state index contributed by atoms with van der Waals surface area (Å²) >= 11 is 5.57. The highest BCUT2D eigenvalue weighted by atomic mass is 35.5. The fourth-order valence-corrected chi connectivity index (χ4v) is 3.44. The molecule has 0 aromatic rings. The summed E-state index contributed by atoms with van der Waals surface area (Å²) in [4.78, 5) is 0. The second-order valence-corrected chi connectivity index (χ2v) is 6.71. The van der Waals surface area contributed by atoms with Crippen LogP contribution in [0.3, 0.4) is 0 Å². The zero-order chi connectivity index (χ0) is 14.4. The monoisotopic (exact) mass is 309 g/mol. The highest BCUT2D eigenvalue weighted by Gasteiger charge is 2.30. The molecule has 1 atom stereocenters. The molecule has 0 spiro atoms. The van der Waals surface area contributed by atoms with Gasteiger partial charge in [0.15, 0.2) is 0 Å². The molecule has 8 heteroatoms. The van der Waals surface area contributed by atoms with Crippen LogP contribution in [0.25, 0.3) is 0 Å². The quantitative estimate of drug-likeness (QED) is 0.701. The summed E-state index contributed by atoms with van der Waals surface area (Å²) in [6.07, 6.45) is -4.88. The zero-order valence-corrected chi connectivity index (χ0v) is 12.1. The maximum atomic E-state index is 11.9. The van der Waals surface area contributed by atoms with E-state index in [0.717, 1.165) is 0 Å². The van der Waals surface area contributed by atoms with Gasteiger partial charge in [0, 0.05) is 17.8 Å². The van der Waals surface area contributed by atoms with Crippen molar-refractivity contribution in [1.29, 1.82) is 0 Å². The number of nitrogens with one attached hydrogen (secondary N) is 1. The Kier molecular flexibility index (Phi) is 6.95. The van der Waals surface area contributed by atoms with Gasteiger partial charge in [0.1, 0.15) is 0 Å². The molecule has 0 aliphatic rings. The smallest absolute Gasteiger partial charge is 0.212 e. The van der Waals surface area contributed by atoms with Crippen molar-refractivity contribution in [3.8, 4) is 0 Å². The summed E-state index contributed by atoms with van der Waals surface area (Å²) in [6.45, 7) is 3.49. The minimum atomic E-state index is -4.32. The lowest BCUT2D eigenvalue weighted by Crippen LogP contribution is -2.46. The molecular formula is C10H19ClF3NO2S. The molecule has 18 heavy (non-hydrogen) atoms. The molecule has 1 unspecified atom stereocenters. The lowest BCUT2D eigenvalue weighted by molar-refractivity contribution is -0.134. The van der Waals surface area contributed by atoms with Crippen molar-refractivity contribution < 1.29 is 21.6 Å². The molecule has 0 heterocycles. The fraction of sp³-hybridized carbons (Fsp3) is 1.00. The van der Waals surface area contributed by atoms with E-state index in [9.17, 15) is 21.6 Å². The second kappa shape index (κ2) is 6.96. The molecule has 0 aliphatic carbocycles. The molecule has 1 N–H and O–H groups in total. The highest BCUT2D eigenvalue weighted by Crippen LogP contribution is 2.22. The number of alkyl halides is 4. The second-order valence-electron chi connectivity index (χ2n) is 4.49. The van der Waals surface area contributed by atoms with Crippen LogP contribution < -0.4 is 4.72 Å². The largest absolute Gasteiger partial charge is 0.389 e. The number of sulfonamides is 1. The van der Waals surface area contributed by atoms with E-state index in [1.807, 2.05) is 0 Å². The maximum absolute atomic E-state index is 11.9. The van der Waals surface area contributed by atoms with Gasteiger partial charge in [-0.3, -0.25) is 0 Å². The van der Waals surface area contributed by atoms with E-state index in [4.69, 9.17) is 11.6 Å². The molecule has 3 nitrogen and oxygen atoms in total. The van der Waals surface area contributed by atoms with Gasteiger partial charge in [-0.1, -0.05) is 6.92 Å². The average Bonchev–Trinajstić information content (AvgIpc) is 2.14. The lowest BCUT2D eigenvalue weighted by atomic mass is 9.97. The van der Waals surface area contributed by atoms with Crippen molar-refractivity contribution >= 4 is 21.6 Å². The number of rotatable bonds is 8. The minimum absolute atomic E-state index is 0.287. The zero-order valence-electron chi connectivity index (χ0n) is 10.5. The summed E-state index contributed by atoms with van der Waals surface area (Å²) < 4.78 is 61.5. The Hall–Kier alpha value is -0.0100. The Morgan fingerprint density at radius 1 is 1.22 bits per heavy atom. The topological polar surface area (TPSA) is 46.2 Å². The van der Waals surface area contributed by atoms with Crippen molar-refractivity contribution in [3.05, 3.63) is 0 Å². The molecule has 0 fully saturated rings. The van der Waals surface area contributed by atoms with Gasteiger partial charge in [0.25, 0.3) is 0 Å². The van der Waals surface area contributed by atoms with Gasteiger partial charge in [-0.2, -0.15) is 13.2 Å². The van der Waals surface area contributed by atoms with E-state index < -0.39 is 40.3 Å². The average molecular weight is 310 g/mol. The van der Waals surface area contributed by atoms with Crippen LogP contribution in [0.15, 0.2) is 0 Å². The minimum Gasteiger partial charge on any atom is -0.212 e. The van der Waals surface area contributed by atoms with E-state index in [1.54, 1.807) is 13.8 Å². The molecule has 0 radical (unpaired) electrons. The third-order valence-corrected chi connectivity index (χ3v) is 4.52. The first-order valence-corrected chi connectivity index (χ1v) is 7.86. The van der Waals surface area contributed by atoms with Crippen molar-refractivity contribution in [2.45, 2.75) is 51.2 Å². The van der Waals surface area contributed by atoms with Crippen LogP contribution in [0.1, 0.15) is 39.5 Å². The Morgan fingerprint density at radius 3 is 2.17 bits per heavy atom. The summed E-state index contributed by atoms with van der Waals surface area (Å²) in [5.41, 5.74) is -0.696. The van der Waals surface area contributed by atoms with Crippen LogP contribution >= 0.6 is 11.6 Å². The lowest BCUT2D eigenvalue weighted by Gasteiger charge is -2.28. The van der Waals surface area contributed by atoms with Crippen molar-refractivity contribution in [3.63, 3.8) is 0 Å². The van der Waals surface area contributed by atoms with Gasteiger partial charge in [0.05, 0.1) is 5.75 Å². The molecule has 0 saturated carbocycles. The molecule has 110 valence electrons. The van der Waals surface area contributed by atoms with Crippen LogP contribution in [0.4, 0.5) is 13.2 Å². The van der Waals surface area contributed by atoms with E-state index in [0.29, 0.717) is 12.8 Å². The standard InChI is InChI=1S/C10H19ClF3NO2S/c1-3-9(2,6-7-11)15-18(16,17)8-4-5-10(12,13)14/h15H,3-8H2,1-2H3. The summed E-state index contributed by atoms with van der Waals surface area (Å²) in [5, 5.41) is 0. The molecule has 0 bridgehead atoms. The van der Waals surface area contributed by atoms with Crippen LogP contribution in [-0.4, -0.2) is 31.8 Å². The van der Waals surface area contributed by atoms with Gasteiger partial charge >= 0.3 is 6.18 Å². The van der Waals surface area contributed by atoms with Crippen molar-refractivity contribution in [1.82, 2.24) is 4.72 Å². The molecule has 0 aromatic carbocycles. The van der Waals surface area contributed by atoms with Crippen LogP contribution in [0.5, 0.6) is 0 Å². The molecule has 0 aromatic heterocycles. The first-order valence-electron chi connectivity index (χ1n) is 5.68. The first-order chi connectivity index (χ1) is 8.04. The van der Waals surface area contributed by atoms with E-state index in [-0.39, 0.29) is 5.88 Å². The SMILES string of the molecule is CCC(C)(CCCl)NS(=O)(=O)CCCC(F)(F)F. The van der Waals surface area contributed by atoms with Crippen LogP contribution in [0.2, 0.25) is 0 Å². The number of halogens is 4. The molecule has 0 aliphatic heterocycles. The number of hydrogen-bond donors (Lipinski definition) is 1. The molecule has 0 rings (SSSR count). The Bertz CT molecular complexity index is 346. The first kappa shape index (κ1) is 18.0. The molecule has 0 saturated heterocycles. The summed E-state index contributed by atoms with van der Waals surface area (Å²) in [7, 11) is -3.70. The normalized spacial score (nSPS) is 16.6. The predicted octanol–water partition coefficient (Wildman–Crippen LogP) is 3.05. The van der Waals surface area contributed by atoms with Gasteiger partial charge < -0.3 is 0 Å². The Morgan fingerprint density at radius 2 is 1.78 bits per heavy atom. The van der Waals surface area contributed by atoms with Gasteiger partial charge in [-0.25, -0.2) is 13.1 Å². The highest BCUT2D eigenvalue weighted by molar-refractivity contribution is 7.89. The van der Waals surface area contributed by atoms with E-state index >= 15 is 0 Å². The fourth-order valence-electron chi connectivity index (χ4n) is 1.40. The maximum Gasteiger partial charge on any atom is 0.389 e. The van der Waals surface area contributed by atoms with Crippen LogP contribution in [-0.2, 0) is 10.0 Å². The summed E-state index contributed by atoms with van der Waals surface area (Å²) in [5.74, 6) is -0.236. The Labute approximate surface area is 111 Å².